The van der Waals surface area contributed by atoms with Gasteiger partial charge in [-0.1, -0.05) is 25.5 Å². The van der Waals surface area contributed by atoms with E-state index in [0.29, 0.717) is 19.3 Å². The maximum Gasteiger partial charge on any atom is 0.306 e. The van der Waals surface area contributed by atoms with Crippen molar-refractivity contribution in [3.8, 4) is 0 Å². The number of rotatable bonds is 9. The minimum Gasteiger partial charge on any atom is -0.481 e. The summed E-state index contributed by atoms with van der Waals surface area (Å²) in [5.41, 5.74) is 0.742. The first-order valence-electron chi connectivity index (χ1n) is 7.14. The lowest BCUT2D eigenvalue weighted by Crippen LogP contribution is -2.20. The Hall–Kier alpha value is -1.91. The van der Waals surface area contributed by atoms with Crippen molar-refractivity contribution in [2.75, 3.05) is 0 Å². The number of benzene rings is 1. The van der Waals surface area contributed by atoms with Crippen LogP contribution in [0.4, 0.5) is 4.39 Å². The molecule has 0 amide bonds. The van der Waals surface area contributed by atoms with Gasteiger partial charge in [-0.2, -0.15) is 0 Å². The van der Waals surface area contributed by atoms with Crippen molar-refractivity contribution in [1.82, 2.24) is 0 Å². The molecule has 0 radical (unpaired) electrons. The summed E-state index contributed by atoms with van der Waals surface area (Å²) in [6.45, 7) is 1.91. The van der Waals surface area contributed by atoms with Crippen molar-refractivity contribution < 1.29 is 24.2 Å². The van der Waals surface area contributed by atoms with Crippen LogP contribution >= 0.6 is 0 Å². The maximum atomic E-state index is 12.8. The summed E-state index contributed by atoms with van der Waals surface area (Å²) in [4.78, 5) is 22.4. The second kappa shape index (κ2) is 8.39. The van der Waals surface area contributed by atoms with Crippen molar-refractivity contribution in [3.63, 3.8) is 0 Å². The number of carbonyl (C=O) groups is 2. The predicted octanol–water partition coefficient (Wildman–Crippen LogP) is 3.35. The SMILES string of the molecule is CCCC(CCC(Cc1ccc(F)cc1)C(=O)O)C(=O)O. The number of aliphatic carboxylic acids is 2. The fourth-order valence-electron chi connectivity index (χ4n) is 2.36. The highest BCUT2D eigenvalue weighted by Crippen LogP contribution is 2.21. The molecule has 0 spiro atoms. The third kappa shape index (κ3) is 5.94. The Morgan fingerprint density at radius 2 is 1.52 bits per heavy atom. The molecule has 5 heteroatoms. The van der Waals surface area contributed by atoms with Crippen LogP contribution in [0.5, 0.6) is 0 Å². The van der Waals surface area contributed by atoms with Crippen LogP contribution in [0.3, 0.4) is 0 Å². The first-order chi connectivity index (χ1) is 9.93. The third-order valence-electron chi connectivity index (χ3n) is 3.59. The van der Waals surface area contributed by atoms with Gasteiger partial charge < -0.3 is 10.2 Å². The highest BCUT2D eigenvalue weighted by molar-refractivity contribution is 5.71. The van der Waals surface area contributed by atoms with E-state index in [0.717, 1.165) is 12.0 Å². The van der Waals surface area contributed by atoms with E-state index >= 15 is 0 Å². The van der Waals surface area contributed by atoms with Crippen molar-refractivity contribution in [2.24, 2.45) is 11.8 Å². The molecule has 0 aromatic heterocycles. The number of hydrogen-bond donors (Lipinski definition) is 2. The van der Waals surface area contributed by atoms with Gasteiger partial charge in [-0.3, -0.25) is 9.59 Å². The molecule has 2 atom stereocenters. The van der Waals surface area contributed by atoms with Gasteiger partial charge in [0.25, 0.3) is 0 Å². The fourth-order valence-corrected chi connectivity index (χ4v) is 2.36. The van der Waals surface area contributed by atoms with Crippen LogP contribution in [-0.4, -0.2) is 22.2 Å². The van der Waals surface area contributed by atoms with Crippen LogP contribution < -0.4 is 0 Å². The van der Waals surface area contributed by atoms with E-state index in [1.54, 1.807) is 12.1 Å². The van der Waals surface area contributed by atoms with Gasteiger partial charge in [0.2, 0.25) is 0 Å². The van der Waals surface area contributed by atoms with Gasteiger partial charge in [-0.15, -0.1) is 0 Å². The van der Waals surface area contributed by atoms with Crippen LogP contribution in [0, 0.1) is 17.7 Å². The zero-order chi connectivity index (χ0) is 15.8. The highest BCUT2D eigenvalue weighted by atomic mass is 19.1. The lowest BCUT2D eigenvalue weighted by atomic mass is 9.89. The maximum absolute atomic E-state index is 12.8. The average molecular weight is 296 g/mol. The van der Waals surface area contributed by atoms with Crippen LogP contribution in [0.2, 0.25) is 0 Å². The summed E-state index contributed by atoms with van der Waals surface area (Å²) in [6.07, 6.45) is 2.25. The van der Waals surface area contributed by atoms with Crippen LogP contribution in [-0.2, 0) is 16.0 Å². The molecule has 0 heterocycles. The summed E-state index contributed by atoms with van der Waals surface area (Å²) in [5.74, 6) is -3.32. The molecular formula is C16H21FO4. The summed E-state index contributed by atoms with van der Waals surface area (Å²) in [7, 11) is 0. The van der Waals surface area contributed by atoms with Crippen molar-refractivity contribution >= 4 is 11.9 Å². The summed E-state index contributed by atoms with van der Waals surface area (Å²) >= 11 is 0. The molecule has 0 saturated carbocycles. The number of carboxylic acids is 2. The fraction of sp³-hybridized carbons (Fsp3) is 0.500. The normalized spacial score (nSPS) is 13.6. The molecule has 0 bridgehead atoms. The second-order valence-corrected chi connectivity index (χ2v) is 5.27. The summed E-state index contributed by atoms with van der Waals surface area (Å²) in [5, 5.41) is 18.3. The molecule has 4 nitrogen and oxygen atoms in total. The van der Waals surface area contributed by atoms with Gasteiger partial charge >= 0.3 is 11.9 Å². The highest BCUT2D eigenvalue weighted by Gasteiger charge is 2.23. The third-order valence-corrected chi connectivity index (χ3v) is 3.59. The molecule has 21 heavy (non-hydrogen) atoms. The lowest BCUT2D eigenvalue weighted by molar-refractivity contribution is -0.145. The Morgan fingerprint density at radius 1 is 1.00 bits per heavy atom. The van der Waals surface area contributed by atoms with Gasteiger partial charge in [0.1, 0.15) is 5.82 Å². The molecule has 0 aliphatic heterocycles. The van der Waals surface area contributed by atoms with E-state index < -0.39 is 23.8 Å². The molecule has 2 N–H and O–H groups in total. The number of carboxylic acid groups (broad SMARTS) is 2. The monoisotopic (exact) mass is 296 g/mol. The summed E-state index contributed by atoms with van der Waals surface area (Å²) in [6, 6.07) is 5.72. The van der Waals surface area contributed by atoms with Gasteiger partial charge in [0, 0.05) is 0 Å². The van der Waals surface area contributed by atoms with Gasteiger partial charge in [-0.05, 0) is 43.4 Å². The van der Waals surface area contributed by atoms with E-state index in [1.807, 2.05) is 6.92 Å². The Morgan fingerprint density at radius 3 is 2.00 bits per heavy atom. The van der Waals surface area contributed by atoms with E-state index in [2.05, 4.69) is 0 Å². The lowest BCUT2D eigenvalue weighted by Gasteiger charge is -2.16. The largest absolute Gasteiger partial charge is 0.481 e. The van der Waals surface area contributed by atoms with Gasteiger partial charge in [0.05, 0.1) is 11.8 Å². The Balaban J connectivity index is 2.63. The predicted molar refractivity (Wildman–Crippen MR) is 76.5 cm³/mol. The van der Waals surface area contributed by atoms with Crippen molar-refractivity contribution in [3.05, 3.63) is 35.6 Å². The van der Waals surface area contributed by atoms with Crippen LogP contribution in [0.25, 0.3) is 0 Å². The van der Waals surface area contributed by atoms with Gasteiger partial charge in [-0.25, -0.2) is 4.39 Å². The smallest absolute Gasteiger partial charge is 0.306 e. The average Bonchev–Trinajstić information content (AvgIpc) is 2.43. The van der Waals surface area contributed by atoms with E-state index in [1.165, 1.54) is 12.1 Å². The standard InChI is InChI=1S/C16H21FO4/c1-2-3-12(15(18)19)6-7-13(16(20)21)10-11-4-8-14(17)9-5-11/h4-5,8-9,12-13H,2-3,6-7,10H2,1H3,(H,18,19)(H,20,21). The van der Waals surface area contributed by atoms with Crippen LogP contribution in [0.15, 0.2) is 24.3 Å². The van der Waals surface area contributed by atoms with E-state index in [-0.39, 0.29) is 12.2 Å². The molecule has 2 unspecified atom stereocenters. The Kier molecular flexibility index (Phi) is 6.85. The molecule has 0 aliphatic rings. The minimum atomic E-state index is -0.944. The quantitative estimate of drug-likeness (QED) is 0.733. The molecule has 1 aromatic rings. The Labute approximate surface area is 123 Å². The molecule has 0 fully saturated rings. The topological polar surface area (TPSA) is 74.6 Å². The molecule has 1 aromatic carbocycles. The first kappa shape index (κ1) is 17.1. The van der Waals surface area contributed by atoms with Crippen molar-refractivity contribution in [1.29, 1.82) is 0 Å². The number of hydrogen-bond acceptors (Lipinski definition) is 2. The van der Waals surface area contributed by atoms with Crippen molar-refractivity contribution in [2.45, 2.75) is 39.0 Å². The number of halogens is 1. The second-order valence-electron chi connectivity index (χ2n) is 5.27. The molecule has 116 valence electrons. The van der Waals surface area contributed by atoms with E-state index in [9.17, 15) is 19.1 Å². The minimum absolute atomic E-state index is 0.286. The molecule has 0 saturated heterocycles. The summed E-state index contributed by atoms with van der Waals surface area (Å²) < 4.78 is 12.8. The zero-order valence-electron chi connectivity index (χ0n) is 12.1. The molecule has 1 rings (SSSR count). The Bertz CT molecular complexity index is 470. The molecule has 0 aliphatic carbocycles. The molecular weight excluding hydrogens is 275 g/mol. The zero-order valence-corrected chi connectivity index (χ0v) is 12.1. The van der Waals surface area contributed by atoms with Gasteiger partial charge in [0.15, 0.2) is 0 Å². The van der Waals surface area contributed by atoms with Crippen LogP contribution in [0.1, 0.15) is 38.2 Å². The first-order valence-corrected chi connectivity index (χ1v) is 7.14. The van der Waals surface area contributed by atoms with E-state index in [4.69, 9.17) is 5.11 Å².